The van der Waals surface area contributed by atoms with Crippen molar-refractivity contribution in [2.45, 2.75) is 6.18 Å². The molecule has 0 saturated carbocycles. The lowest BCUT2D eigenvalue weighted by Gasteiger charge is -2.11. The van der Waals surface area contributed by atoms with Crippen LogP contribution in [0.2, 0.25) is 0 Å². The number of H-pyrrole nitrogens is 1. The molecular formula is C11H5BrF3N3O. The number of imidazole rings is 1. The summed E-state index contributed by atoms with van der Waals surface area (Å²) in [5.41, 5.74) is -0.507. The molecule has 0 saturated heterocycles. The maximum absolute atomic E-state index is 12.8. The third-order valence-corrected chi connectivity index (χ3v) is 3.43. The van der Waals surface area contributed by atoms with Crippen LogP contribution in [-0.2, 0) is 6.18 Å². The molecule has 0 fully saturated rings. The van der Waals surface area contributed by atoms with E-state index in [9.17, 15) is 18.0 Å². The summed E-state index contributed by atoms with van der Waals surface area (Å²) < 4.78 is 39.7. The van der Waals surface area contributed by atoms with Gasteiger partial charge in [-0.25, -0.2) is 4.98 Å². The largest absolute Gasteiger partial charge is 0.417 e. The molecule has 3 rings (SSSR count). The monoisotopic (exact) mass is 331 g/mol. The van der Waals surface area contributed by atoms with Gasteiger partial charge in [0.05, 0.1) is 29.1 Å². The molecule has 0 aliphatic carbocycles. The summed E-state index contributed by atoms with van der Waals surface area (Å²) in [6.07, 6.45) is -1.76. The minimum absolute atomic E-state index is 0.0884. The summed E-state index contributed by atoms with van der Waals surface area (Å²) in [5, 5.41) is 0. The van der Waals surface area contributed by atoms with Gasteiger partial charge in [-0.05, 0) is 12.1 Å². The number of benzene rings is 1. The number of aromatic amines is 1. The second kappa shape index (κ2) is 3.83. The van der Waals surface area contributed by atoms with E-state index >= 15 is 0 Å². The van der Waals surface area contributed by atoms with Gasteiger partial charge in [0, 0.05) is 4.47 Å². The van der Waals surface area contributed by atoms with E-state index in [2.05, 4.69) is 25.9 Å². The fourth-order valence-corrected chi connectivity index (χ4v) is 2.48. The predicted octanol–water partition coefficient (Wildman–Crippen LogP) is 2.96. The second-order valence-electron chi connectivity index (χ2n) is 3.95. The van der Waals surface area contributed by atoms with E-state index in [1.165, 1.54) is 23.0 Å². The van der Waals surface area contributed by atoms with E-state index in [-0.39, 0.29) is 15.5 Å². The average molecular weight is 332 g/mol. The molecule has 0 spiro atoms. The average Bonchev–Trinajstić information content (AvgIpc) is 2.78. The van der Waals surface area contributed by atoms with Gasteiger partial charge >= 0.3 is 6.18 Å². The number of rotatable bonds is 0. The van der Waals surface area contributed by atoms with Crippen LogP contribution in [0.3, 0.4) is 0 Å². The van der Waals surface area contributed by atoms with E-state index in [1.807, 2.05) is 0 Å². The molecule has 2 heterocycles. The van der Waals surface area contributed by atoms with Crippen molar-refractivity contribution in [3.8, 4) is 0 Å². The zero-order valence-corrected chi connectivity index (χ0v) is 10.7. The number of halogens is 4. The van der Waals surface area contributed by atoms with Gasteiger partial charge in [0.15, 0.2) is 0 Å². The zero-order valence-electron chi connectivity index (χ0n) is 9.12. The quantitative estimate of drug-likeness (QED) is 0.688. The molecule has 0 amide bonds. The van der Waals surface area contributed by atoms with Crippen molar-refractivity contribution in [1.82, 2.24) is 14.4 Å². The van der Waals surface area contributed by atoms with E-state index in [1.54, 1.807) is 0 Å². The number of fused-ring (bicyclic) bond motifs is 3. The minimum atomic E-state index is -4.49. The van der Waals surface area contributed by atoms with Gasteiger partial charge < -0.3 is 4.98 Å². The van der Waals surface area contributed by atoms with Gasteiger partial charge in [-0.15, -0.1) is 0 Å². The highest BCUT2D eigenvalue weighted by atomic mass is 79.9. The highest BCUT2D eigenvalue weighted by Gasteiger charge is 2.33. The SMILES string of the molecule is O=c1[nH]c2cc(C(F)(F)F)c(Br)cc2n2cncc12. The van der Waals surface area contributed by atoms with Crippen LogP contribution in [0.25, 0.3) is 16.6 Å². The molecule has 0 unspecified atom stereocenters. The fraction of sp³-hybridized carbons (Fsp3) is 0.0909. The Morgan fingerprint density at radius 1 is 1.26 bits per heavy atom. The summed E-state index contributed by atoms with van der Waals surface area (Å²) in [4.78, 5) is 17.9. The molecular weight excluding hydrogens is 327 g/mol. The molecule has 0 atom stereocenters. The normalized spacial score (nSPS) is 12.4. The Bertz CT molecular complexity index is 850. The summed E-state index contributed by atoms with van der Waals surface area (Å²) in [6, 6.07) is 2.21. The zero-order chi connectivity index (χ0) is 13.8. The number of hydrogen-bond acceptors (Lipinski definition) is 2. The van der Waals surface area contributed by atoms with Crippen molar-refractivity contribution in [2.24, 2.45) is 0 Å². The standard InChI is InChI=1S/C11H5BrF3N3O/c12-6-2-8-7(1-5(6)11(13,14)15)17-10(19)9-3-16-4-18(8)9/h1-4H,(H,17,19). The van der Waals surface area contributed by atoms with Gasteiger partial charge in [-0.1, -0.05) is 15.9 Å². The van der Waals surface area contributed by atoms with Crippen molar-refractivity contribution in [3.63, 3.8) is 0 Å². The third-order valence-electron chi connectivity index (χ3n) is 2.77. The minimum Gasteiger partial charge on any atom is -0.319 e. The van der Waals surface area contributed by atoms with Crippen molar-refractivity contribution < 1.29 is 13.2 Å². The summed E-state index contributed by atoms with van der Waals surface area (Å²) in [5.74, 6) is 0. The van der Waals surface area contributed by atoms with Crippen LogP contribution in [0, 0.1) is 0 Å². The van der Waals surface area contributed by atoms with Crippen LogP contribution in [0.4, 0.5) is 13.2 Å². The van der Waals surface area contributed by atoms with E-state index in [0.717, 1.165) is 6.07 Å². The van der Waals surface area contributed by atoms with Crippen molar-refractivity contribution in [1.29, 1.82) is 0 Å². The second-order valence-corrected chi connectivity index (χ2v) is 4.80. The molecule has 0 radical (unpaired) electrons. The summed E-state index contributed by atoms with van der Waals surface area (Å²) in [7, 11) is 0. The molecule has 8 heteroatoms. The molecule has 1 aromatic carbocycles. The molecule has 3 aromatic rings. The number of nitrogens with zero attached hydrogens (tertiary/aromatic N) is 2. The topological polar surface area (TPSA) is 50.2 Å². The Labute approximate surface area is 112 Å². The first-order valence-corrected chi connectivity index (χ1v) is 5.92. The maximum Gasteiger partial charge on any atom is 0.417 e. The van der Waals surface area contributed by atoms with Gasteiger partial charge in [0.2, 0.25) is 0 Å². The number of alkyl halides is 3. The fourth-order valence-electron chi connectivity index (χ4n) is 1.92. The number of aromatic nitrogens is 3. The van der Waals surface area contributed by atoms with Crippen molar-refractivity contribution in [2.75, 3.05) is 0 Å². The van der Waals surface area contributed by atoms with E-state index < -0.39 is 17.3 Å². The van der Waals surface area contributed by atoms with E-state index in [0.29, 0.717) is 5.52 Å². The summed E-state index contributed by atoms with van der Waals surface area (Å²) >= 11 is 2.90. The van der Waals surface area contributed by atoms with Crippen LogP contribution in [0.5, 0.6) is 0 Å². The molecule has 1 N–H and O–H groups in total. The maximum atomic E-state index is 12.8. The highest BCUT2D eigenvalue weighted by Crippen LogP contribution is 2.36. The smallest absolute Gasteiger partial charge is 0.319 e. The van der Waals surface area contributed by atoms with Crippen LogP contribution < -0.4 is 5.56 Å². The molecule has 0 aliphatic heterocycles. The Balaban J connectivity index is 2.49. The van der Waals surface area contributed by atoms with Crippen molar-refractivity contribution in [3.05, 3.63) is 45.0 Å². The van der Waals surface area contributed by atoms with Gasteiger partial charge in [-0.3, -0.25) is 9.20 Å². The molecule has 2 aromatic heterocycles. The van der Waals surface area contributed by atoms with Crippen LogP contribution >= 0.6 is 15.9 Å². The third kappa shape index (κ3) is 1.83. The Kier molecular flexibility index (Phi) is 2.46. The first kappa shape index (κ1) is 12.2. The molecule has 0 bridgehead atoms. The van der Waals surface area contributed by atoms with Crippen LogP contribution in [-0.4, -0.2) is 14.4 Å². The van der Waals surface area contributed by atoms with Crippen molar-refractivity contribution >= 4 is 32.5 Å². The highest BCUT2D eigenvalue weighted by molar-refractivity contribution is 9.10. The first-order chi connectivity index (χ1) is 8.88. The van der Waals surface area contributed by atoms with Gasteiger partial charge in [0.25, 0.3) is 5.56 Å². The molecule has 0 aliphatic rings. The van der Waals surface area contributed by atoms with Gasteiger partial charge in [-0.2, -0.15) is 13.2 Å². The molecule has 98 valence electrons. The lowest BCUT2D eigenvalue weighted by atomic mass is 10.2. The Morgan fingerprint density at radius 2 is 2.00 bits per heavy atom. The van der Waals surface area contributed by atoms with E-state index in [4.69, 9.17) is 0 Å². The molecule has 4 nitrogen and oxygen atoms in total. The van der Waals surface area contributed by atoms with Crippen LogP contribution in [0.1, 0.15) is 5.56 Å². The summed E-state index contributed by atoms with van der Waals surface area (Å²) in [6.45, 7) is 0. The number of hydrogen-bond donors (Lipinski definition) is 1. The Morgan fingerprint density at radius 3 is 2.68 bits per heavy atom. The number of nitrogens with one attached hydrogen (secondary N) is 1. The Hall–Kier alpha value is -1.83. The first-order valence-electron chi connectivity index (χ1n) is 5.13. The van der Waals surface area contributed by atoms with Gasteiger partial charge in [0.1, 0.15) is 5.52 Å². The molecule has 19 heavy (non-hydrogen) atoms. The lowest BCUT2D eigenvalue weighted by molar-refractivity contribution is -0.138. The lowest BCUT2D eigenvalue weighted by Crippen LogP contribution is -2.12. The predicted molar refractivity (Wildman–Crippen MR) is 66.0 cm³/mol. The van der Waals surface area contributed by atoms with Crippen LogP contribution in [0.15, 0.2) is 33.9 Å².